The first-order valence-electron chi connectivity index (χ1n) is 22.7. The van der Waals surface area contributed by atoms with Crippen molar-refractivity contribution in [3.63, 3.8) is 0 Å². The third kappa shape index (κ3) is 8.72. The van der Waals surface area contributed by atoms with E-state index in [1.807, 2.05) is 24.3 Å². The van der Waals surface area contributed by atoms with Crippen LogP contribution in [-0.2, 0) is 6.54 Å². The highest BCUT2D eigenvalue weighted by Crippen LogP contribution is 2.47. The fourth-order valence-electron chi connectivity index (χ4n) is 9.08. The van der Waals surface area contributed by atoms with Crippen molar-refractivity contribution in [2.24, 2.45) is 0 Å². The molecule has 0 aliphatic rings. The minimum Gasteiger partial charge on any atom is -0.457 e. The Morgan fingerprint density at radius 2 is 0.597 bits per heavy atom. The van der Waals surface area contributed by atoms with Gasteiger partial charge in [0.05, 0.1) is 0 Å². The molecule has 4 heteroatoms. The van der Waals surface area contributed by atoms with Gasteiger partial charge in [0.15, 0.2) is 0 Å². The van der Waals surface area contributed by atoms with Crippen molar-refractivity contribution in [2.75, 3.05) is 9.80 Å². The van der Waals surface area contributed by atoms with Crippen LogP contribution in [0.15, 0.2) is 267 Å². The Morgan fingerprint density at radius 1 is 0.269 bits per heavy atom. The Hall–Kier alpha value is -8.86. The minimum absolute atomic E-state index is 0.750. The quantitative estimate of drug-likeness (QED) is 0.108. The summed E-state index contributed by atoms with van der Waals surface area (Å²) in [4.78, 5) is 4.58. The summed E-state index contributed by atoms with van der Waals surface area (Å²) < 4.78 is 13.4. The maximum Gasteiger partial charge on any atom is 0.128 e. The van der Waals surface area contributed by atoms with E-state index in [9.17, 15) is 0 Å². The van der Waals surface area contributed by atoms with Gasteiger partial charge in [0.2, 0.25) is 0 Å². The van der Waals surface area contributed by atoms with Gasteiger partial charge >= 0.3 is 0 Å². The highest BCUT2D eigenvalue weighted by atomic mass is 16.5. The smallest absolute Gasteiger partial charge is 0.128 e. The summed E-state index contributed by atoms with van der Waals surface area (Å²) in [5.74, 6) is 3.05. The van der Waals surface area contributed by atoms with E-state index < -0.39 is 0 Å². The maximum atomic E-state index is 6.71. The molecule has 0 saturated heterocycles. The molecule has 0 atom stereocenters. The van der Waals surface area contributed by atoms with Crippen LogP contribution in [0, 0.1) is 0 Å². The molecule has 11 aromatic rings. The first-order valence-corrected chi connectivity index (χ1v) is 22.7. The minimum atomic E-state index is 0.750. The van der Waals surface area contributed by atoms with Gasteiger partial charge in [-0.3, -0.25) is 0 Å². The van der Waals surface area contributed by atoms with Crippen LogP contribution in [0.2, 0.25) is 0 Å². The maximum absolute atomic E-state index is 6.71. The average molecular weight is 863 g/mol. The summed E-state index contributed by atoms with van der Waals surface area (Å²) in [6, 6.07) is 93.0. The molecule has 4 nitrogen and oxygen atoms in total. The summed E-state index contributed by atoms with van der Waals surface area (Å²) in [7, 11) is 0. The zero-order chi connectivity index (χ0) is 44.8. The van der Waals surface area contributed by atoms with Crippen LogP contribution in [0.3, 0.4) is 0 Å². The molecule has 11 aromatic carbocycles. The van der Waals surface area contributed by atoms with Crippen LogP contribution in [-0.4, -0.2) is 0 Å². The average Bonchev–Trinajstić information content (AvgIpc) is 3.40. The molecule has 0 radical (unpaired) electrons. The topological polar surface area (TPSA) is 24.9 Å². The number of benzene rings is 11. The van der Waals surface area contributed by atoms with Crippen molar-refractivity contribution in [1.82, 2.24) is 0 Å². The third-order valence-corrected chi connectivity index (χ3v) is 12.2. The van der Waals surface area contributed by atoms with Crippen molar-refractivity contribution in [3.8, 4) is 45.3 Å². The number of ether oxygens (including phenoxy) is 2. The molecule has 0 N–H and O–H groups in total. The highest BCUT2D eigenvalue weighted by Gasteiger charge is 2.20. The molecule has 0 spiro atoms. The lowest BCUT2D eigenvalue weighted by atomic mass is 9.86. The standard InChI is InChI=1S/C63H46N2O2/c1-7-19-46(20-8-1)45-64(49-25-13-4-14-26-49)50-31-35-54(36-32-50)66-56-39-41-58-60(43-56)62(47-21-9-2-10-22-47)59-42-40-57(44-61(59)63(58)48-23-11-3-12-24-48)67-55-37-33-53(34-38-55)65(51-27-15-5-16-28-51)52-29-17-6-18-30-52/h1-44H,45H2. The van der Waals surface area contributed by atoms with Crippen molar-refractivity contribution >= 4 is 50.0 Å². The Balaban J connectivity index is 0.961. The molecule has 0 unspecified atom stereocenters. The van der Waals surface area contributed by atoms with Crippen LogP contribution in [0.25, 0.3) is 43.8 Å². The van der Waals surface area contributed by atoms with E-state index in [0.29, 0.717) is 0 Å². The number of hydrogen-bond donors (Lipinski definition) is 0. The Labute approximate surface area is 391 Å². The third-order valence-electron chi connectivity index (χ3n) is 12.2. The monoisotopic (exact) mass is 862 g/mol. The Morgan fingerprint density at radius 3 is 1.03 bits per heavy atom. The van der Waals surface area contributed by atoms with Gasteiger partial charge in [-0.2, -0.15) is 0 Å². The fourth-order valence-corrected chi connectivity index (χ4v) is 9.08. The normalized spacial score (nSPS) is 11.0. The molecule has 0 aromatic heterocycles. The second-order valence-electron chi connectivity index (χ2n) is 16.5. The summed E-state index contributed by atoms with van der Waals surface area (Å²) in [6.45, 7) is 0.750. The molecule has 320 valence electrons. The molecule has 0 heterocycles. The van der Waals surface area contributed by atoms with Crippen molar-refractivity contribution < 1.29 is 9.47 Å². The van der Waals surface area contributed by atoms with Crippen molar-refractivity contribution in [1.29, 1.82) is 0 Å². The second kappa shape index (κ2) is 18.7. The Bertz CT molecular complexity index is 3350. The highest BCUT2D eigenvalue weighted by molar-refractivity contribution is 6.21. The van der Waals surface area contributed by atoms with Crippen molar-refractivity contribution in [3.05, 3.63) is 272 Å². The number of para-hydroxylation sites is 3. The summed E-state index contributed by atoms with van der Waals surface area (Å²) in [5, 5.41) is 4.47. The molecule has 67 heavy (non-hydrogen) atoms. The summed E-state index contributed by atoms with van der Waals surface area (Å²) in [6.07, 6.45) is 0. The molecule has 0 aliphatic heterocycles. The lowest BCUT2D eigenvalue weighted by molar-refractivity contribution is 0.483. The van der Waals surface area contributed by atoms with E-state index in [2.05, 4.69) is 252 Å². The number of fused-ring (bicyclic) bond motifs is 2. The van der Waals surface area contributed by atoms with Gasteiger partial charge in [-0.1, -0.05) is 158 Å². The Kier molecular flexibility index (Phi) is 11.4. The zero-order valence-corrected chi connectivity index (χ0v) is 36.8. The van der Waals surface area contributed by atoms with Crippen LogP contribution >= 0.6 is 0 Å². The molecular formula is C63H46N2O2. The van der Waals surface area contributed by atoms with Crippen molar-refractivity contribution in [2.45, 2.75) is 6.54 Å². The van der Waals surface area contributed by atoms with Gasteiger partial charge in [-0.15, -0.1) is 0 Å². The fraction of sp³-hybridized carbons (Fsp3) is 0.0159. The summed E-state index contributed by atoms with van der Waals surface area (Å²) >= 11 is 0. The molecule has 0 aliphatic carbocycles. The lowest BCUT2D eigenvalue weighted by Gasteiger charge is -2.25. The van der Waals surface area contributed by atoms with E-state index in [-0.39, 0.29) is 0 Å². The number of nitrogens with zero attached hydrogens (tertiary/aromatic N) is 2. The number of rotatable bonds is 13. The molecule has 0 amide bonds. The number of hydrogen-bond acceptors (Lipinski definition) is 4. The molecule has 0 fully saturated rings. The molecular weight excluding hydrogens is 817 g/mol. The van der Waals surface area contributed by atoms with Gasteiger partial charge in [-0.05, 0) is 159 Å². The van der Waals surface area contributed by atoms with E-state index in [1.54, 1.807) is 0 Å². The SMILES string of the molecule is c1ccc(CN(c2ccccc2)c2ccc(Oc3ccc4c(-c5ccccc5)c5cc(Oc6ccc(N(c7ccccc7)c7ccccc7)cc6)ccc5c(-c5ccccc5)c4c3)cc2)cc1. The number of anilines is 5. The van der Waals surface area contributed by atoms with Crippen LogP contribution in [0.5, 0.6) is 23.0 Å². The second-order valence-corrected chi connectivity index (χ2v) is 16.5. The molecule has 11 rings (SSSR count). The predicted molar refractivity (Wildman–Crippen MR) is 279 cm³/mol. The first-order chi connectivity index (χ1) is 33.2. The van der Waals surface area contributed by atoms with Gasteiger partial charge < -0.3 is 19.3 Å². The lowest BCUT2D eigenvalue weighted by Crippen LogP contribution is -2.16. The first kappa shape index (κ1) is 40.9. The van der Waals surface area contributed by atoms with E-state index >= 15 is 0 Å². The van der Waals surface area contributed by atoms with Gasteiger partial charge in [0, 0.05) is 35.0 Å². The van der Waals surface area contributed by atoms with E-state index in [0.717, 1.165) is 102 Å². The van der Waals surface area contributed by atoms with E-state index in [4.69, 9.17) is 9.47 Å². The molecule has 0 saturated carbocycles. The van der Waals surface area contributed by atoms with Crippen LogP contribution in [0.1, 0.15) is 5.56 Å². The van der Waals surface area contributed by atoms with Crippen LogP contribution in [0.4, 0.5) is 28.4 Å². The van der Waals surface area contributed by atoms with Gasteiger partial charge in [0.25, 0.3) is 0 Å². The van der Waals surface area contributed by atoms with Gasteiger partial charge in [0.1, 0.15) is 23.0 Å². The van der Waals surface area contributed by atoms with E-state index in [1.165, 1.54) is 5.56 Å². The van der Waals surface area contributed by atoms with Gasteiger partial charge in [-0.25, -0.2) is 0 Å². The van der Waals surface area contributed by atoms with Crippen LogP contribution < -0.4 is 19.3 Å². The molecule has 0 bridgehead atoms. The zero-order valence-electron chi connectivity index (χ0n) is 36.8. The summed E-state index contributed by atoms with van der Waals surface area (Å²) in [5.41, 5.74) is 11.2. The largest absolute Gasteiger partial charge is 0.457 e. The predicted octanol–water partition coefficient (Wildman–Crippen LogP) is 17.7.